The van der Waals surface area contributed by atoms with Crippen molar-refractivity contribution >= 4 is 22.4 Å². The van der Waals surface area contributed by atoms with Gasteiger partial charge in [-0.3, -0.25) is 5.41 Å². The van der Waals surface area contributed by atoms with Gasteiger partial charge in [0, 0.05) is 6.54 Å². The van der Waals surface area contributed by atoms with Crippen LogP contribution in [0.1, 0.15) is 17.8 Å². The number of fused-ring (bicyclic) bond motifs is 1. The zero-order chi connectivity index (χ0) is 17.2. The van der Waals surface area contributed by atoms with Crippen molar-refractivity contribution in [1.29, 1.82) is 5.41 Å². The van der Waals surface area contributed by atoms with Crippen LogP contribution in [0.15, 0.2) is 60.4 Å². The van der Waals surface area contributed by atoms with Gasteiger partial charge in [0.2, 0.25) is 0 Å². The van der Waals surface area contributed by atoms with Crippen LogP contribution in [0.2, 0.25) is 0 Å². The number of aliphatic hydroxyl groups excluding tert-OH is 1. The van der Waals surface area contributed by atoms with Crippen molar-refractivity contribution in [3.63, 3.8) is 0 Å². The number of nitrogens with one attached hydrogen (secondary N) is 2. The summed E-state index contributed by atoms with van der Waals surface area (Å²) < 4.78 is 0. The Labute approximate surface area is 146 Å². The number of aromatic nitrogens is 2. The van der Waals surface area contributed by atoms with Crippen LogP contribution in [0.4, 0.5) is 0 Å². The van der Waals surface area contributed by atoms with Crippen molar-refractivity contribution in [2.24, 2.45) is 0 Å². The molecular weight excluding hydrogens is 312 g/mol. The number of H-pyrrole nitrogens is 1. The Kier molecular flexibility index (Phi) is 3.98. The third kappa shape index (κ3) is 3.01. The molecule has 5 heteroatoms. The predicted molar refractivity (Wildman–Crippen MR) is 99.7 cm³/mol. The molecule has 1 aromatic heterocycles. The molecular formula is C20H20N4O. The van der Waals surface area contributed by atoms with Gasteiger partial charge in [0.1, 0.15) is 17.4 Å². The average molecular weight is 332 g/mol. The number of para-hydroxylation sites is 2. The first-order valence-corrected chi connectivity index (χ1v) is 8.47. The minimum atomic E-state index is 0.212. The monoisotopic (exact) mass is 332 g/mol. The lowest BCUT2D eigenvalue weighted by atomic mass is 10.1. The lowest BCUT2D eigenvalue weighted by Crippen LogP contribution is -2.28. The highest BCUT2D eigenvalue weighted by Gasteiger charge is 2.29. The molecule has 5 nitrogen and oxygen atoms in total. The van der Waals surface area contributed by atoms with E-state index >= 15 is 0 Å². The Morgan fingerprint density at radius 1 is 1.08 bits per heavy atom. The van der Waals surface area contributed by atoms with E-state index in [0.717, 1.165) is 30.4 Å². The molecule has 1 aliphatic heterocycles. The van der Waals surface area contributed by atoms with Crippen molar-refractivity contribution < 1.29 is 5.11 Å². The molecule has 1 aliphatic rings. The Morgan fingerprint density at radius 3 is 2.64 bits per heavy atom. The molecule has 0 saturated heterocycles. The highest BCUT2D eigenvalue weighted by atomic mass is 16.3. The molecule has 0 spiro atoms. The topological polar surface area (TPSA) is 76.0 Å². The maximum absolute atomic E-state index is 10.4. The summed E-state index contributed by atoms with van der Waals surface area (Å²) in [5.41, 5.74) is 3.56. The molecule has 0 saturated carbocycles. The summed E-state index contributed by atoms with van der Waals surface area (Å²) in [6.07, 6.45) is 1.90. The first kappa shape index (κ1) is 15.4. The second-order valence-corrected chi connectivity index (χ2v) is 6.28. The van der Waals surface area contributed by atoms with Crippen LogP contribution in [0, 0.1) is 5.41 Å². The van der Waals surface area contributed by atoms with Crippen LogP contribution >= 0.6 is 0 Å². The van der Waals surface area contributed by atoms with Gasteiger partial charge in [-0.05, 0) is 30.5 Å². The number of rotatable bonds is 5. The molecule has 0 aliphatic carbocycles. The van der Waals surface area contributed by atoms with Gasteiger partial charge in [0.05, 0.1) is 23.2 Å². The molecule has 126 valence electrons. The molecule has 3 aromatic rings. The molecule has 0 unspecified atom stereocenters. The fourth-order valence-electron chi connectivity index (χ4n) is 3.26. The SMILES string of the molecule is N=C1C(c2nc3ccccc3[nH]2)=C(O)CN1CCCc1ccccc1. The predicted octanol–water partition coefficient (Wildman–Crippen LogP) is 3.76. The molecule has 0 fully saturated rings. The average Bonchev–Trinajstić information content (AvgIpc) is 3.16. The smallest absolute Gasteiger partial charge is 0.145 e. The van der Waals surface area contributed by atoms with E-state index in [4.69, 9.17) is 5.41 Å². The summed E-state index contributed by atoms with van der Waals surface area (Å²) in [6.45, 7) is 1.11. The van der Waals surface area contributed by atoms with Crippen molar-refractivity contribution in [1.82, 2.24) is 14.9 Å². The molecule has 0 atom stereocenters. The number of aromatic amines is 1. The number of benzene rings is 2. The third-order valence-corrected chi connectivity index (χ3v) is 4.54. The van der Waals surface area contributed by atoms with Crippen molar-refractivity contribution in [2.75, 3.05) is 13.1 Å². The summed E-state index contributed by atoms with van der Waals surface area (Å²) in [5.74, 6) is 1.11. The van der Waals surface area contributed by atoms with Crippen LogP contribution in [0.25, 0.3) is 16.6 Å². The van der Waals surface area contributed by atoms with E-state index in [2.05, 4.69) is 22.1 Å². The summed E-state index contributed by atoms with van der Waals surface area (Å²) in [4.78, 5) is 9.62. The molecule has 2 heterocycles. The minimum absolute atomic E-state index is 0.212. The maximum atomic E-state index is 10.4. The maximum Gasteiger partial charge on any atom is 0.145 e. The van der Waals surface area contributed by atoms with Crippen molar-refractivity contribution in [3.8, 4) is 0 Å². The van der Waals surface area contributed by atoms with E-state index in [9.17, 15) is 5.11 Å². The molecule has 4 rings (SSSR count). The van der Waals surface area contributed by atoms with Crippen molar-refractivity contribution in [2.45, 2.75) is 12.8 Å². The molecule has 2 aromatic carbocycles. The largest absolute Gasteiger partial charge is 0.510 e. The van der Waals surface area contributed by atoms with E-state index in [1.54, 1.807) is 0 Å². The first-order valence-electron chi connectivity index (χ1n) is 8.47. The standard InChI is InChI=1S/C20H20N4O/c21-19-18(20-22-15-10-4-5-11-16(15)23-20)17(25)13-24(19)12-6-9-14-7-2-1-3-8-14/h1-5,7-8,10-11,21,25H,6,9,12-13H2,(H,22,23). The number of aliphatic hydroxyl groups is 1. The van der Waals surface area contributed by atoms with Gasteiger partial charge >= 0.3 is 0 Å². The minimum Gasteiger partial charge on any atom is -0.510 e. The highest BCUT2D eigenvalue weighted by Crippen LogP contribution is 2.27. The zero-order valence-electron chi connectivity index (χ0n) is 13.9. The molecule has 0 amide bonds. The van der Waals surface area contributed by atoms with Crippen LogP contribution in [-0.4, -0.2) is 38.9 Å². The number of imidazole rings is 1. The van der Waals surface area contributed by atoms with E-state index < -0.39 is 0 Å². The normalized spacial score (nSPS) is 14.7. The fourth-order valence-corrected chi connectivity index (χ4v) is 3.26. The van der Waals surface area contributed by atoms with Crippen LogP contribution in [-0.2, 0) is 6.42 Å². The van der Waals surface area contributed by atoms with E-state index in [-0.39, 0.29) is 5.76 Å². The van der Waals surface area contributed by atoms with Gasteiger partial charge in [-0.1, -0.05) is 42.5 Å². The van der Waals surface area contributed by atoms with Crippen LogP contribution in [0.3, 0.4) is 0 Å². The van der Waals surface area contributed by atoms with Crippen LogP contribution in [0.5, 0.6) is 0 Å². The van der Waals surface area contributed by atoms with Gasteiger partial charge < -0.3 is 15.0 Å². The number of hydrogen-bond donors (Lipinski definition) is 3. The quantitative estimate of drug-likeness (QED) is 0.666. The number of aryl methyl sites for hydroxylation is 1. The van der Waals surface area contributed by atoms with Crippen LogP contribution < -0.4 is 0 Å². The van der Waals surface area contributed by atoms with Crippen molar-refractivity contribution in [3.05, 3.63) is 71.7 Å². The molecule has 0 radical (unpaired) electrons. The Hall–Kier alpha value is -3.08. The highest BCUT2D eigenvalue weighted by molar-refractivity contribution is 6.23. The van der Waals surface area contributed by atoms with Gasteiger partial charge in [0.25, 0.3) is 0 Å². The summed E-state index contributed by atoms with van der Waals surface area (Å²) in [6, 6.07) is 18.1. The third-order valence-electron chi connectivity index (χ3n) is 4.54. The Bertz CT molecular complexity index is 909. The lowest BCUT2D eigenvalue weighted by molar-refractivity contribution is 0.347. The second-order valence-electron chi connectivity index (χ2n) is 6.28. The number of nitrogens with zero attached hydrogens (tertiary/aromatic N) is 2. The van der Waals surface area contributed by atoms with Gasteiger partial charge in [0.15, 0.2) is 0 Å². The zero-order valence-corrected chi connectivity index (χ0v) is 13.9. The summed E-state index contributed by atoms with van der Waals surface area (Å²) >= 11 is 0. The molecule has 0 bridgehead atoms. The second kappa shape index (κ2) is 6.43. The summed E-state index contributed by atoms with van der Waals surface area (Å²) in [7, 11) is 0. The fraction of sp³-hybridized carbons (Fsp3) is 0.200. The summed E-state index contributed by atoms with van der Waals surface area (Å²) in [5, 5.41) is 18.8. The molecule has 3 N–H and O–H groups in total. The molecule has 25 heavy (non-hydrogen) atoms. The Balaban J connectivity index is 1.46. The number of hydrogen-bond acceptors (Lipinski definition) is 3. The number of amidine groups is 1. The first-order chi connectivity index (χ1) is 12.2. The van der Waals surface area contributed by atoms with Gasteiger partial charge in [-0.25, -0.2) is 4.98 Å². The van der Waals surface area contributed by atoms with E-state index in [1.165, 1.54) is 5.56 Å². The lowest BCUT2D eigenvalue weighted by Gasteiger charge is -2.18. The van der Waals surface area contributed by atoms with Gasteiger partial charge in [-0.15, -0.1) is 0 Å². The van der Waals surface area contributed by atoms with Gasteiger partial charge in [-0.2, -0.15) is 0 Å². The Morgan fingerprint density at radius 2 is 1.84 bits per heavy atom. The van der Waals surface area contributed by atoms with E-state index in [1.807, 2.05) is 47.4 Å². The van der Waals surface area contributed by atoms with E-state index in [0.29, 0.717) is 23.8 Å².